The molecular weight excluding hydrogens is 308 g/mol. The third kappa shape index (κ3) is 3.37. The van der Waals surface area contributed by atoms with Gasteiger partial charge in [0, 0.05) is 16.3 Å². The van der Waals surface area contributed by atoms with Crippen LogP contribution in [0.4, 0.5) is 0 Å². The van der Waals surface area contributed by atoms with Crippen LogP contribution in [0.15, 0.2) is 53.0 Å². The van der Waals surface area contributed by atoms with E-state index < -0.39 is 0 Å². The minimum atomic E-state index is 0.367. The molecule has 1 atom stereocenters. The highest BCUT2D eigenvalue weighted by molar-refractivity contribution is 9.10. The van der Waals surface area contributed by atoms with Crippen LogP contribution in [0.5, 0.6) is 0 Å². The molecule has 0 nitrogen and oxygen atoms in total. The second-order valence-corrected chi connectivity index (χ2v) is 5.72. The molecule has 0 aliphatic heterocycles. The fraction of sp³-hybridized carbons (Fsp3) is 0.250. The minimum Gasteiger partial charge on any atom is -0.126 e. The van der Waals surface area contributed by atoms with Gasteiger partial charge in [-0.25, -0.2) is 0 Å². The Morgan fingerprint density at radius 1 is 1.06 bits per heavy atom. The van der Waals surface area contributed by atoms with Gasteiger partial charge in [-0.3, -0.25) is 0 Å². The zero-order valence-corrected chi connectivity index (χ0v) is 12.7. The van der Waals surface area contributed by atoms with E-state index in [0.717, 1.165) is 10.9 Å². The molecule has 2 aromatic carbocycles. The Labute approximate surface area is 122 Å². The second-order valence-electron chi connectivity index (χ2n) is 4.56. The largest absolute Gasteiger partial charge is 0.126 e. The molecule has 0 N–H and O–H groups in total. The molecule has 2 rings (SSSR count). The van der Waals surface area contributed by atoms with Gasteiger partial charge in [-0.1, -0.05) is 64.0 Å². The predicted octanol–water partition coefficient (Wildman–Crippen LogP) is 5.32. The van der Waals surface area contributed by atoms with Crippen LogP contribution in [0, 0.1) is 6.92 Å². The average molecular weight is 324 g/mol. The molecule has 0 amide bonds. The molecule has 0 radical (unpaired) electrons. The van der Waals surface area contributed by atoms with E-state index in [0.29, 0.717) is 11.8 Å². The van der Waals surface area contributed by atoms with E-state index in [-0.39, 0.29) is 0 Å². The van der Waals surface area contributed by atoms with Crippen molar-refractivity contribution in [3.05, 3.63) is 69.7 Å². The van der Waals surface area contributed by atoms with E-state index in [2.05, 4.69) is 65.3 Å². The first-order valence-corrected chi connectivity index (χ1v) is 7.39. The van der Waals surface area contributed by atoms with E-state index in [1.165, 1.54) is 16.7 Å². The normalized spacial score (nSPS) is 12.4. The van der Waals surface area contributed by atoms with Crippen molar-refractivity contribution < 1.29 is 0 Å². The molecular formula is C16H16BrCl. The standard InChI is InChI=1S/C16H16BrCl/c1-12-6-8-13(9-7-12)15(11-18)10-14-4-2-3-5-16(14)17/h2-9,15H,10-11H2,1H3. The van der Waals surface area contributed by atoms with Crippen LogP contribution in [0.1, 0.15) is 22.6 Å². The molecule has 18 heavy (non-hydrogen) atoms. The maximum absolute atomic E-state index is 6.13. The van der Waals surface area contributed by atoms with Crippen molar-refractivity contribution in [3.63, 3.8) is 0 Å². The van der Waals surface area contributed by atoms with E-state index in [4.69, 9.17) is 11.6 Å². The predicted molar refractivity (Wildman–Crippen MR) is 82.5 cm³/mol. The highest BCUT2D eigenvalue weighted by atomic mass is 79.9. The second kappa shape index (κ2) is 6.40. The Hall–Kier alpha value is -0.790. The maximum Gasteiger partial charge on any atom is 0.0295 e. The minimum absolute atomic E-state index is 0.367. The van der Waals surface area contributed by atoms with Crippen LogP contribution in [-0.2, 0) is 6.42 Å². The number of benzene rings is 2. The molecule has 0 spiro atoms. The zero-order chi connectivity index (χ0) is 13.0. The average Bonchev–Trinajstić information content (AvgIpc) is 2.39. The molecule has 0 aromatic heterocycles. The number of aryl methyl sites for hydroxylation is 1. The van der Waals surface area contributed by atoms with Crippen molar-refractivity contribution >= 4 is 27.5 Å². The molecule has 0 fully saturated rings. The first-order chi connectivity index (χ1) is 8.70. The number of hydrogen-bond donors (Lipinski definition) is 0. The van der Waals surface area contributed by atoms with Crippen molar-refractivity contribution in [3.8, 4) is 0 Å². The van der Waals surface area contributed by atoms with Crippen LogP contribution in [-0.4, -0.2) is 5.88 Å². The van der Waals surface area contributed by atoms with Crippen molar-refractivity contribution in [2.75, 3.05) is 5.88 Å². The maximum atomic E-state index is 6.13. The fourth-order valence-corrected chi connectivity index (χ4v) is 2.76. The molecule has 0 saturated heterocycles. The van der Waals surface area contributed by atoms with Crippen LogP contribution < -0.4 is 0 Å². The van der Waals surface area contributed by atoms with Gasteiger partial charge in [0.15, 0.2) is 0 Å². The van der Waals surface area contributed by atoms with Gasteiger partial charge in [-0.05, 0) is 30.5 Å². The molecule has 0 aliphatic rings. The third-order valence-corrected chi connectivity index (χ3v) is 4.31. The van der Waals surface area contributed by atoms with Crippen LogP contribution in [0.3, 0.4) is 0 Å². The quantitative estimate of drug-likeness (QED) is 0.668. The number of rotatable bonds is 4. The molecule has 1 unspecified atom stereocenters. The monoisotopic (exact) mass is 322 g/mol. The van der Waals surface area contributed by atoms with E-state index in [9.17, 15) is 0 Å². The van der Waals surface area contributed by atoms with Crippen molar-refractivity contribution in [1.29, 1.82) is 0 Å². The van der Waals surface area contributed by atoms with E-state index in [1.807, 2.05) is 6.07 Å². The van der Waals surface area contributed by atoms with Crippen LogP contribution >= 0.6 is 27.5 Å². The number of alkyl halides is 1. The highest BCUT2D eigenvalue weighted by Crippen LogP contribution is 2.26. The summed E-state index contributed by atoms with van der Waals surface area (Å²) in [6.45, 7) is 2.10. The summed E-state index contributed by atoms with van der Waals surface area (Å²) in [5.74, 6) is 1.01. The SMILES string of the molecule is Cc1ccc(C(CCl)Cc2ccccc2Br)cc1. The first kappa shape index (κ1) is 13.6. The lowest BCUT2D eigenvalue weighted by Gasteiger charge is -2.15. The van der Waals surface area contributed by atoms with Gasteiger partial charge in [0.2, 0.25) is 0 Å². The zero-order valence-electron chi connectivity index (χ0n) is 10.4. The van der Waals surface area contributed by atoms with Gasteiger partial charge in [0.05, 0.1) is 0 Å². The molecule has 0 bridgehead atoms. The van der Waals surface area contributed by atoms with Crippen molar-refractivity contribution in [1.82, 2.24) is 0 Å². The summed E-state index contributed by atoms with van der Waals surface area (Å²) in [6, 6.07) is 17.0. The van der Waals surface area contributed by atoms with Crippen molar-refractivity contribution in [2.24, 2.45) is 0 Å². The summed E-state index contributed by atoms with van der Waals surface area (Å²) in [6.07, 6.45) is 0.966. The lowest BCUT2D eigenvalue weighted by atomic mass is 9.93. The number of hydrogen-bond acceptors (Lipinski definition) is 0. The van der Waals surface area contributed by atoms with Crippen LogP contribution in [0.2, 0.25) is 0 Å². The Balaban J connectivity index is 2.20. The topological polar surface area (TPSA) is 0 Å². The molecule has 2 heteroatoms. The summed E-state index contributed by atoms with van der Waals surface area (Å²) < 4.78 is 1.16. The Bertz CT molecular complexity index is 505. The van der Waals surface area contributed by atoms with Gasteiger partial charge in [-0.15, -0.1) is 11.6 Å². The Morgan fingerprint density at radius 2 is 1.72 bits per heavy atom. The summed E-state index contributed by atoms with van der Waals surface area (Å²) in [4.78, 5) is 0. The highest BCUT2D eigenvalue weighted by Gasteiger charge is 2.12. The summed E-state index contributed by atoms with van der Waals surface area (Å²) in [5, 5.41) is 0. The van der Waals surface area contributed by atoms with E-state index in [1.54, 1.807) is 0 Å². The molecule has 0 aliphatic carbocycles. The first-order valence-electron chi connectivity index (χ1n) is 6.06. The van der Waals surface area contributed by atoms with Gasteiger partial charge >= 0.3 is 0 Å². The third-order valence-electron chi connectivity index (χ3n) is 3.16. The fourth-order valence-electron chi connectivity index (χ4n) is 2.03. The smallest absolute Gasteiger partial charge is 0.0295 e. The molecule has 2 aromatic rings. The summed E-state index contributed by atoms with van der Waals surface area (Å²) >= 11 is 9.72. The van der Waals surface area contributed by atoms with Crippen LogP contribution in [0.25, 0.3) is 0 Å². The molecule has 94 valence electrons. The molecule has 0 saturated carbocycles. The molecule has 0 heterocycles. The van der Waals surface area contributed by atoms with Gasteiger partial charge in [-0.2, -0.15) is 0 Å². The lowest BCUT2D eigenvalue weighted by molar-refractivity contribution is 0.763. The lowest BCUT2D eigenvalue weighted by Crippen LogP contribution is -2.05. The Kier molecular flexibility index (Phi) is 4.85. The van der Waals surface area contributed by atoms with E-state index >= 15 is 0 Å². The van der Waals surface area contributed by atoms with Crippen molar-refractivity contribution in [2.45, 2.75) is 19.3 Å². The summed E-state index contributed by atoms with van der Waals surface area (Å²) in [5.41, 5.74) is 3.91. The van der Waals surface area contributed by atoms with Gasteiger partial charge in [0.25, 0.3) is 0 Å². The Morgan fingerprint density at radius 3 is 2.33 bits per heavy atom. The van der Waals surface area contributed by atoms with Gasteiger partial charge < -0.3 is 0 Å². The summed E-state index contributed by atoms with van der Waals surface area (Å²) in [7, 11) is 0. The van der Waals surface area contributed by atoms with Gasteiger partial charge in [0.1, 0.15) is 0 Å². The number of halogens is 2.